The standard InChI is InChI=1S/C21H25NO3/c1-24-19-10-8-18(9-11-19)21(23)22-14-12-17(13-15-22)20(25-2)16-6-4-3-5-7-16/h3-11,17,20H,12-15H2,1-2H3. The van der Waals surface area contributed by atoms with Crippen LogP contribution in [-0.2, 0) is 4.74 Å². The molecule has 0 radical (unpaired) electrons. The highest BCUT2D eigenvalue weighted by atomic mass is 16.5. The zero-order chi connectivity index (χ0) is 17.6. The summed E-state index contributed by atoms with van der Waals surface area (Å²) >= 11 is 0. The number of rotatable bonds is 5. The third-order valence-electron chi connectivity index (χ3n) is 4.97. The molecule has 0 N–H and O–H groups in total. The van der Waals surface area contributed by atoms with Gasteiger partial charge in [-0.15, -0.1) is 0 Å². The van der Waals surface area contributed by atoms with Gasteiger partial charge in [0.1, 0.15) is 5.75 Å². The molecule has 2 aromatic carbocycles. The van der Waals surface area contributed by atoms with E-state index in [0.29, 0.717) is 11.5 Å². The molecular formula is C21H25NO3. The van der Waals surface area contributed by atoms with E-state index in [-0.39, 0.29) is 12.0 Å². The number of carbonyl (C=O) groups excluding carboxylic acids is 1. The van der Waals surface area contributed by atoms with Gasteiger partial charge in [0.25, 0.3) is 5.91 Å². The fourth-order valence-corrected chi connectivity index (χ4v) is 3.56. The Balaban J connectivity index is 1.61. The lowest BCUT2D eigenvalue weighted by Crippen LogP contribution is -2.40. The Bertz CT molecular complexity index is 676. The van der Waals surface area contributed by atoms with Gasteiger partial charge in [-0.2, -0.15) is 0 Å². The maximum absolute atomic E-state index is 12.7. The van der Waals surface area contributed by atoms with Crippen molar-refractivity contribution in [2.24, 2.45) is 5.92 Å². The first-order valence-electron chi connectivity index (χ1n) is 8.74. The van der Waals surface area contributed by atoms with Crippen LogP contribution >= 0.6 is 0 Å². The van der Waals surface area contributed by atoms with Crippen LogP contribution in [-0.4, -0.2) is 38.1 Å². The second-order valence-corrected chi connectivity index (χ2v) is 6.43. The number of piperidine rings is 1. The van der Waals surface area contributed by atoms with Crippen molar-refractivity contribution < 1.29 is 14.3 Å². The van der Waals surface area contributed by atoms with Gasteiger partial charge in [-0.05, 0) is 48.6 Å². The Labute approximate surface area is 149 Å². The Morgan fingerprint density at radius 1 is 1.00 bits per heavy atom. The molecule has 1 atom stereocenters. The SMILES string of the molecule is COc1ccc(C(=O)N2CCC(C(OC)c3ccccc3)CC2)cc1. The second kappa shape index (κ2) is 8.17. The molecule has 1 fully saturated rings. The van der Waals surface area contributed by atoms with Gasteiger partial charge in [0.15, 0.2) is 0 Å². The third kappa shape index (κ3) is 4.02. The van der Waals surface area contributed by atoms with Gasteiger partial charge in [-0.3, -0.25) is 4.79 Å². The zero-order valence-electron chi connectivity index (χ0n) is 14.9. The van der Waals surface area contributed by atoms with Crippen molar-refractivity contribution >= 4 is 5.91 Å². The lowest BCUT2D eigenvalue weighted by atomic mass is 9.87. The van der Waals surface area contributed by atoms with Crippen molar-refractivity contribution in [3.05, 3.63) is 65.7 Å². The smallest absolute Gasteiger partial charge is 0.253 e. The van der Waals surface area contributed by atoms with Crippen molar-refractivity contribution in [3.63, 3.8) is 0 Å². The fraction of sp³-hybridized carbons (Fsp3) is 0.381. The van der Waals surface area contributed by atoms with Crippen molar-refractivity contribution in [2.45, 2.75) is 18.9 Å². The average Bonchev–Trinajstić information content (AvgIpc) is 2.69. The second-order valence-electron chi connectivity index (χ2n) is 6.43. The number of methoxy groups -OCH3 is 2. The molecule has 1 saturated heterocycles. The van der Waals surface area contributed by atoms with Gasteiger partial charge < -0.3 is 14.4 Å². The predicted octanol–water partition coefficient (Wildman–Crippen LogP) is 3.94. The number of hydrogen-bond acceptors (Lipinski definition) is 3. The van der Waals surface area contributed by atoms with E-state index >= 15 is 0 Å². The quantitative estimate of drug-likeness (QED) is 0.828. The fourth-order valence-electron chi connectivity index (χ4n) is 3.56. The minimum Gasteiger partial charge on any atom is -0.497 e. The van der Waals surface area contributed by atoms with Gasteiger partial charge in [-0.25, -0.2) is 0 Å². The molecule has 2 aromatic rings. The Kier molecular flexibility index (Phi) is 5.71. The molecule has 4 nitrogen and oxygen atoms in total. The van der Waals surface area contributed by atoms with Gasteiger partial charge in [0, 0.05) is 25.8 Å². The number of amides is 1. The van der Waals surface area contributed by atoms with E-state index in [1.165, 1.54) is 5.56 Å². The molecule has 0 spiro atoms. The summed E-state index contributed by atoms with van der Waals surface area (Å²) in [4.78, 5) is 14.6. The summed E-state index contributed by atoms with van der Waals surface area (Å²) in [6.07, 6.45) is 2.00. The van der Waals surface area contributed by atoms with E-state index in [1.807, 2.05) is 47.4 Å². The van der Waals surface area contributed by atoms with Crippen LogP contribution in [0.2, 0.25) is 0 Å². The molecule has 0 bridgehead atoms. The predicted molar refractivity (Wildman–Crippen MR) is 97.8 cm³/mol. The van der Waals surface area contributed by atoms with Gasteiger partial charge >= 0.3 is 0 Å². The van der Waals surface area contributed by atoms with E-state index in [0.717, 1.165) is 31.7 Å². The van der Waals surface area contributed by atoms with Crippen LogP contribution in [0.15, 0.2) is 54.6 Å². The first-order chi connectivity index (χ1) is 12.2. The van der Waals surface area contributed by atoms with Gasteiger partial charge in [0.2, 0.25) is 0 Å². The molecular weight excluding hydrogens is 314 g/mol. The average molecular weight is 339 g/mol. The van der Waals surface area contributed by atoms with Crippen molar-refractivity contribution in [1.82, 2.24) is 4.90 Å². The molecule has 0 aromatic heterocycles. The van der Waals surface area contributed by atoms with Crippen LogP contribution in [0.4, 0.5) is 0 Å². The van der Waals surface area contributed by atoms with E-state index in [1.54, 1.807) is 14.2 Å². The molecule has 1 aliphatic heterocycles. The lowest BCUT2D eigenvalue weighted by molar-refractivity contribution is 0.0195. The minimum absolute atomic E-state index is 0.0924. The normalized spacial score (nSPS) is 16.5. The molecule has 1 amide bonds. The molecule has 1 heterocycles. The number of likely N-dealkylation sites (tertiary alicyclic amines) is 1. The molecule has 1 aliphatic rings. The van der Waals surface area contributed by atoms with Crippen molar-refractivity contribution in [3.8, 4) is 5.75 Å². The zero-order valence-corrected chi connectivity index (χ0v) is 14.9. The molecule has 132 valence electrons. The highest BCUT2D eigenvalue weighted by Crippen LogP contribution is 2.33. The Morgan fingerprint density at radius 3 is 2.20 bits per heavy atom. The Hall–Kier alpha value is -2.33. The minimum atomic E-state index is 0.0924. The lowest BCUT2D eigenvalue weighted by Gasteiger charge is -2.35. The summed E-state index contributed by atoms with van der Waals surface area (Å²) in [6.45, 7) is 1.53. The first-order valence-corrected chi connectivity index (χ1v) is 8.74. The van der Waals surface area contributed by atoms with Crippen LogP contribution in [0.3, 0.4) is 0 Å². The molecule has 0 aliphatic carbocycles. The van der Waals surface area contributed by atoms with E-state index < -0.39 is 0 Å². The molecule has 1 unspecified atom stereocenters. The van der Waals surface area contributed by atoms with Crippen LogP contribution in [0.1, 0.15) is 34.9 Å². The molecule has 25 heavy (non-hydrogen) atoms. The summed E-state index contributed by atoms with van der Waals surface area (Å²) in [7, 11) is 3.40. The topological polar surface area (TPSA) is 38.8 Å². The van der Waals surface area contributed by atoms with Crippen molar-refractivity contribution in [2.75, 3.05) is 27.3 Å². The van der Waals surface area contributed by atoms with Crippen molar-refractivity contribution in [1.29, 1.82) is 0 Å². The van der Waals surface area contributed by atoms with E-state index in [2.05, 4.69) is 12.1 Å². The van der Waals surface area contributed by atoms with Crippen LogP contribution < -0.4 is 4.74 Å². The molecule has 3 rings (SSSR count). The summed E-state index contributed by atoms with van der Waals surface area (Å²) in [6, 6.07) is 17.7. The van der Waals surface area contributed by atoms with Gasteiger partial charge in [-0.1, -0.05) is 30.3 Å². The largest absolute Gasteiger partial charge is 0.497 e. The number of carbonyl (C=O) groups is 1. The highest BCUT2D eigenvalue weighted by Gasteiger charge is 2.29. The summed E-state index contributed by atoms with van der Waals surface area (Å²) in [5.41, 5.74) is 1.93. The maximum Gasteiger partial charge on any atom is 0.253 e. The summed E-state index contributed by atoms with van der Waals surface area (Å²) < 4.78 is 10.9. The van der Waals surface area contributed by atoms with Crippen LogP contribution in [0.5, 0.6) is 5.75 Å². The Morgan fingerprint density at radius 2 is 1.64 bits per heavy atom. The first kappa shape index (κ1) is 17.5. The monoisotopic (exact) mass is 339 g/mol. The number of nitrogens with zero attached hydrogens (tertiary/aromatic N) is 1. The van der Waals surface area contributed by atoms with Crippen LogP contribution in [0.25, 0.3) is 0 Å². The maximum atomic E-state index is 12.7. The number of hydrogen-bond donors (Lipinski definition) is 0. The summed E-state index contributed by atoms with van der Waals surface area (Å²) in [5, 5.41) is 0. The number of ether oxygens (including phenoxy) is 2. The number of benzene rings is 2. The molecule has 0 saturated carbocycles. The molecule has 4 heteroatoms. The van der Waals surface area contributed by atoms with Gasteiger partial charge in [0.05, 0.1) is 13.2 Å². The van der Waals surface area contributed by atoms with E-state index in [4.69, 9.17) is 9.47 Å². The van der Waals surface area contributed by atoms with E-state index in [9.17, 15) is 4.79 Å². The summed E-state index contributed by atoms with van der Waals surface area (Å²) in [5.74, 6) is 1.29. The van der Waals surface area contributed by atoms with Crippen LogP contribution in [0, 0.1) is 5.92 Å². The highest BCUT2D eigenvalue weighted by molar-refractivity contribution is 5.94. The third-order valence-corrected chi connectivity index (χ3v) is 4.97.